The molecule has 1 aromatic rings. The molecule has 0 saturated carbocycles. The Morgan fingerprint density at radius 1 is 1.33 bits per heavy atom. The number of piperidine rings is 2. The largest absolute Gasteiger partial charge is 0.342 e. The average Bonchev–Trinajstić information content (AvgIpc) is 3.02. The summed E-state index contributed by atoms with van der Waals surface area (Å²) in [7, 11) is 0. The summed E-state index contributed by atoms with van der Waals surface area (Å²) in [6.07, 6.45) is 4.91. The van der Waals surface area contributed by atoms with Gasteiger partial charge in [-0.25, -0.2) is 0 Å². The molecule has 3 rings (SSSR count). The fourth-order valence-electron chi connectivity index (χ4n) is 3.67. The number of hydrogen-bond donors (Lipinski definition) is 0. The topological polar surface area (TPSA) is 79.5 Å². The standard InChI is InChI=1S/C17H26N4O3/c1-12(21-9-4-3-7-15(21)22)10-16(23)20-8-5-6-14(11-20)17-18-13(2)19-24-17/h12,14H,3-11H2,1-2H3/t12-,14-/m1/s1. The number of aryl methyl sites for hydroxylation is 1. The van der Waals surface area contributed by atoms with Gasteiger partial charge in [0.05, 0.1) is 5.92 Å². The Morgan fingerprint density at radius 3 is 2.88 bits per heavy atom. The molecule has 0 radical (unpaired) electrons. The molecule has 0 N–H and O–H groups in total. The van der Waals surface area contributed by atoms with Gasteiger partial charge in [0.25, 0.3) is 0 Å². The number of rotatable bonds is 4. The van der Waals surface area contributed by atoms with Crippen molar-refractivity contribution in [1.82, 2.24) is 19.9 Å². The van der Waals surface area contributed by atoms with Gasteiger partial charge in [0.1, 0.15) is 0 Å². The molecule has 2 atom stereocenters. The van der Waals surface area contributed by atoms with E-state index in [1.807, 2.05) is 16.7 Å². The molecule has 2 aliphatic rings. The smallest absolute Gasteiger partial charge is 0.231 e. The molecule has 3 heterocycles. The second-order valence-electron chi connectivity index (χ2n) is 6.96. The van der Waals surface area contributed by atoms with Gasteiger partial charge < -0.3 is 14.3 Å². The molecule has 7 nitrogen and oxygen atoms in total. The van der Waals surface area contributed by atoms with Crippen molar-refractivity contribution >= 4 is 11.8 Å². The van der Waals surface area contributed by atoms with Crippen molar-refractivity contribution in [3.8, 4) is 0 Å². The number of carbonyl (C=O) groups is 2. The minimum Gasteiger partial charge on any atom is -0.342 e. The number of carbonyl (C=O) groups excluding carboxylic acids is 2. The van der Waals surface area contributed by atoms with Crippen LogP contribution in [0.15, 0.2) is 4.52 Å². The van der Waals surface area contributed by atoms with Gasteiger partial charge in [-0.3, -0.25) is 9.59 Å². The second-order valence-corrected chi connectivity index (χ2v) is 6.96. The fourth-order valence-corrected chi connectivity index (χ4v) is 3.67. The van der Waals surface area contributed by atoms with E-state index < -0.39 is 0 Å². The van der Waals surface area contributed by atoms with Crippen molar-refractivity contribution in [2.75, 3.05) is 19.6 Å². The summed E-state index contributed by atoms with van der Waals surface area (Å²) >= 11 is 0. The third-order valence-corrected chi connectivity index (χ3v) is 5.03. The van der Waals surface area contributed by atoms with Crippen LogP contribution >= 0.6 is 0 Å². The highest BCUT2D eigenvalue weighted by Crippen LogP contribution is 2.26. The maximum Gasteiger partial charge on any atom is 0.231 e. The van der Waals surface area contributed by atoms with E-state index in [0.717, 1.165) is 38.8 Å². The quantitative estimate of drug-likeness (QED) is 0.840. The summed E-state index contributed by atoms with van der Waals surface area (Å²) in [6, 6.07) is -0.0312. The van der Waals surface area contributed by atoms with E-state index in [1.54, 1.807) is 6.92 Å². The molecule has 24 heavy (non-hydrogen) atoms. The van der Waals surface area contributed by atoms with E-state index in [0.29, 0.717) is 31.1 Å². The predicted molar refractivity (Wildman–Crippen MR) is 87.2 cm³/mol. The number of aromatic nitrogens is 2. The second kappa shape index (κ2) is 7.32. The van der Waals surface area contributed by atoms with Crippen molar-refractivity contribution in [2.45, 2.75) is 64.3 Å². The number of likely N-dealkylation sites (tertiary alicyclic amines) is 2. The molecule has 0 unspecified atom stereocenters. The van der Waals surface area contributed by atoms with Crippen LogP contribution in [0.1, 0.15) is 63.1 Å². The average molecular weight is 334 g/mol. The summed E-state index contributed by atoms with van der Waals surface area (Å²) in [5, 5.41) is 3.85. The zero-order valence-electron chi connectivity index (χ0n) is 14.5. The van der Waals surface area contributed by atoms with E-state index >= 15 is 0 Å². The summed E-state index contributed by atoms with van der Waals surface area (Å²) in [6.45, 7) is 5.95. The van der Waals surface area contributed by atoms with E-state index in [2.05, 4.69) is 10.1 Å². The molecule has 0 aromatic carbocycles. The minimum atomic E-state index is -0.0312. The minimum absolute atomic E-state index is 0.0312. The fraction of sp³-hybridized carbons (Fsp3) is 0.765. The summed E-state index contributed by atoms with van der Waals surface area (Å²) < 4.78 is 5.27. The van der Waals surface area contributed by atoms with Crippen LogP contribution in [0.2, 0.25) is 0 Å². The number of amides is 2. The SMILES string of the molecule is Cc1noc([C@@H]2CCCN(C(=O)C[C@@H](C)N3CCCCC3=O)C2)n1. The molecule has 0 aliphatic carbocycles. The molecular weight excluding hydrogens is 308 g/mol. The van der Waals surface area contributed by atoms with Crippen molar-refractivity contribution < 1.29 is 14.1 Å². The predicted octanol–water partition coefficient (Wildman–Crippen LogP) is 1.88. The lowest BCUT2D eigenvalue weighted by atomic mass is 9.97. The first-order valence-electron chi connectivity index (χ1n) is 8.92. The number of hydrogen-bond acceptors (Lipinski definition) is 5. The zero-order valence-corrected chi connectivity index (χ0v) is 14.5. The van der Waals surface area contributed by atoms with Crippen molar-refractivity contribution in [1.29, 1.82) is 0 Å². The maximum absolute atomic E-state index is 12.7. The highest BCUT2D eigenvalue weighted by molar-refractivity contribution is 5.80. The van der Waals surface area contributed by atoms with Crippen LogP contribution in [-0.4, -0.2) is 57.4 Å². The summed E-state index contributed by atoms with van der Waals surface area (Å²) in [4.78, 5) is 32.7. The Kier molecular flexibility index (Phi) is 5.16. The van der Waals surface area contributed by atoms with Crippen molar-refractivity contribution in [2.24, 2.45) is 0 Å². The monoisotopic (exact) mass is 334 g/mol. The van der Waals surface area contributed by atoms with E-state index in [1.165, 1.54) is 0 Å². The van der Waals surface area contributed by atoms with Crippen LogP contribution in [0.4, 0.5) is 0 Å². The first-order valence-corrected chi connectivity index (χ1v) is 8.92. The highest BCUT2D eigenvalue weighted by Gasteiger charge is 2.31. The molecule has 0 bridgehead atoms. The number of nitrogens with zero attached hydrogens (tertiary/aromatic N) is 4. The zero-order chi connectivity index (χ0) is 17.1. The van der Waals surface area contributed by atoms with Crippen LogP contribution < -0.4 is 0 Å². The molecule has 2 saturated heterocycles. The van der Waals surface area contributed by atoms with Gasteiger partial charge in [-0.1, -0.05) is 5.16 Å². The highest BCUT2D eigenvalue weighted by atomic mass is 16.5. The van der Waals surface area contributed by atoms with Crippen LogP contribution in [0.5, 0.6) is 0 Å². The van der Waals surface area contributed by atoms with Crippen LogP contribution in [0.3, 0.4) is 0 Å². The van der Waals surface area contributed by atoms with Gasteiger partial charge >= 0.3 is 0 Å². The Balaban J connectivity index is 1.57. The molecule has 7 heteroatoms. The lowest BCUT2D eigenvalue weighted by Crippen LogP contribution is -2.46. The molecule has 132 valence electrons. The lowest BCUT2D eigenvalue weighted by molar-refractivity contribution is -0.139. The van der Waals surface area contributed by atoms with Crippen LogP contribution in [0, 0.1) is 6.92 Å². The Bertz CT molecular complexity index is 600. The van der Waals surface area contributed by atoms with Gasteiger partial charge in [0.2, 0.25) is 17.7 Å². The van der Waals surface area contributed by atoms with E-state index in [9.17, 15) is 9.59 Å². The first kappa shape index (κ1) is 16.9. The molecule has 1 aromatic heterocycles. The Morgan fingerprint density at radius 2 is 2.17 bits per heavy atom. The lowest BCUT2D eigenvalue weighted by Gasteiger charge is -2.35. The molecule has 2 aliphatic heterocycles. The van der Waals surface area contributed by atoms with Gasteiger partial charge in [-0.05, 0) is 39.5 Å². The molecular formula is C17H26N4O3. The first-order chi connectivity index (χ1) is 11.5. The van der Waals surface area contributed by atoms with Crippen LogP contribution in [-0.2, 0) is 9.59 Å². The third kappa shape index (κ3) is 3.76. The van der Waals surface area contributed by atoms with E-state index in [4.69, 9.17) is 4.52 Å². The normalized spacial score (nSPS) is 23.4. The van der Waals surface area contributed by atoms with Crippen LogP contribution in [0.25, 0.3) is 0 Å². The molecule has 2 fully saturated rings. The van der Waals surface area contributed by atoms with Gasteiger partial charge in [0.15, 0.2) is 5.82 Å². The van der Waals surface area contributed by atoms with Gasteiger partial charge in [0, 0.05) is 38.5 Å². The van der Waals surface area contributed by atoms with Crippen molar-refractivity contribution in [3.63, 3.8) is 0 Å². The summed E-state index contributed by atoms with van der Waals surface area (Å²) in [5.74, 6) is 1.67. The molecule has 0 spiro atoms. The van der Waals surface area contributed by atoms with Gasteiger partial charge in [-0.2, -0.15) is 4.98 Å². The van der Waals surface area contributed by atoms with Crippen molar-refractivity contribution in [3.05, 3.63) is 11.7 Å². The summed E-state index contributed by atoms with van der Waals surface area (Å²) in [5.41, 5.74) is 0. The Hall–Kier alpha value is -1.92. The van der Waals surface area contributed by atoms with Gasteiger partial charge in [-0.15, -0.1) is 0 Å². The molecule has 2 amide bonds. The Labute approximate surface area is 142 Å². The van der Waals surface area contributed by atoms with E-state index in [-0.39, 0.29) is 23.8 Å². The third-order valence-electron chi connectivity index (χ3n) is 5.03. The maximum atomic E-state index is 12.7.